The number of carbonyl (C=O) groups is 2. The fourth-order valence-corrected chi connectivity index (χ4v) is 5.31. The van der Waals surface area contributed by atoms with E-state index in [1.165, 1.54) is 11.3 Å². The Labute approximate surface area is 178 Å². The van der Waals surface area contributed by atoms with E-state index in [-0.39, 0.29) is 17.7 Å². The second-order valence-electron chi connectivity index (χ2n) is 8.11. The Morgan fingerprint density at radius 3 is 2.66 bits per heavy atom. The van der Waals surface area contributed by atoms with Crippen LogP contribution >= 0.6 is 11.3 Å². The second-order valence-corrected chi connectivity index (χ2v) is 9.05. The van der Waals surface area contributed by atoms with E-state index in [1.807, 2.05) is 22.4 Å². The average molecular weight is 422 g/mol. The van der Waals surface area contributed by atoms with Gasteiger partial charge in [0.2, 0.25) is 5.91 Å². The van der Waals surface area contributed by atoms with E-state index in [4.69, 9.17) is 4.74 Å². The fourth-order valence-electron chi connectivity index (χ4n) is 4.62. The van der Waals surface area contributed by atoms with Crippen molar-refractivity contribution in [2.75, 3.05) is 45.9 Å². The van der Waals surface area contributed by atoms with Gasteiger partial charge in [0.25, 0.3) is 5.91 Å². The Morgan fingerprint density at radius 2 is 2.00 bits per heavy atom. The highest BCUT2D eigenvalue weighted by molar-refractivity contribution is 7.12. The lowest BCUT2D eigenvalue weighted by Crippen LogP contribution is -2.53. The van der Waals surface area contributed by atoms with Crippen LogP contribution in [-0.4, -0.2) is 73.6 Å². The number of amides is 2. The van der Waals surface area contributed by atoms with E-state index in [0.717, 1.165) is 63.4 Å². The van der Waals surface area contributed by atoms with E-state index in [2.05, 4.69) is 24.1 Å². The van der Waals surface area contributed by atoms with Gasteiger partial charge in [-0.3, -0.25) is 14.5 Å². The first-order valence-electron chi connectivity index (χ1n) is 11.1. The van der Waals surface area contributed by atoms with Crippen LogP contribution in [0.5, 0.6) is 0 Å². The molecule has 2 aliphatic rings. The van der Waals surface area contributed by atoms with Crippen molar-refractivity contribution < 1.29 is 14.3 Å². The Morgan fingerprint density at radius 1 is 1.24 bits per heavy atom. The van der Waals surface area contributed by atoms with Gasteiger partial charge in [-0.2, -0.15) is 0 Å². The molecule has 29 heavy (non-hydrogen) atoms. The van der Waals surface area contributed by atoms with E-state index in [1.54, 1.807) is 0 Å². The maximum atomic E-state index is 12.9. The average Bonchev–Trinajstić information content (AvgIpc) is 3.31. The third-order valence-electron chi connectivity index (χ3n) is 6.40. The molecule has 2 atom stereocenters. The first-order chi connectivity index (χ1) is 14.1. The Balaban J connectivity index is 1.56. The van der Waals surface area contributed by atoms with Gasteiger partial charge in [-0.25, -0.2) is 0 Å². The number of morpholine rings is 1. The van der Waals surface area contributed by atoms with E-state index < -0.39 is 0 Å². The van der Waals surface area contributed by atoms with Crippen LogP contribution in [0.4, 0.5) is 0 Å². The van der Waals surface area contributed by atoms with Gasteiger partial charge in [-0.1, -0.05) is 32.8 Å². The summed E-state index contributed by atoms with van der Waals surface area (Å²) in [7, 11) is 0. The first-order valence-corrected chi connectivity index (χ1v) is 11.9. The highest BCUT2D eigenvalue weighted by atomic mass is 32.1. The van der Waals surface area contributed by atoms with Crippen molar-refractivity contribution in [3.63, 3.8) is 0 Å². The minimum atomic E-state index is -0.111. The zero-order valence-electron chi connectivity index (χ0n) is 17.8. The molecule has 3 rings (SSSR count). The van der Waals surface area contributed by atoms with Crippen molar-refractivity contribution in [2.45, 2.75) is 45.6 Å². The molecular formula is C22H35N3O3S. The van der Waals surface area contributed by atoms with Gasteiger partial charge < -0.3 is 15.0 Å². The summed E-state index contributed by atoms with van der Waals surface area (Å²) in [5, 5.41) is 5.16. The minimum absolute atomic E-state index is 0.0562. The normalized spacial score (nSPS) is 21.9. The molecule has 0 bridgehead atoms. The SMILES string of the molecule is CCC(CC)[C@@H](CNC(=O)[C@H]1CCCN(C(=O)c2cccs2)C1)N1CCOCC1. The molecular weight excluding hydrogens is 386 g/mol. The summed E-state index contributed by atoms with van der Waals surface area (Å²) in [6.45, 7) is 9.82. The third-order valence-corrected chi connectivity index (χ3v) is 7.26. The number of rotatable bonds is 8. The summed E-state index contributed by atoms with van der Waals surface area (Å²) in [6.07, 6.45) is 3.96. The Kier molecular flexibility index (Phi) is 8.51. The molecule has 2 aliphatic heterocycles. The molecule has 7 heteroatoms. The summed E-state index contributed by atoms with van der Waals surface area (Å²) >= 11 is 1.46. The van der Waals surface area contributed by atoms with Crippen molar-refractivity contribution >= 4 is 23.2 Å². The van der Waals surface area contributed by atoms with Gasteiger partial charge in [0.15, 0.2) is 0 Å². The molecule has 2 amide bonds. The number of hydrogen-bond donors (Lipinski definition) is 1. The summed E-state index contributed by atoms with van der Waals surface area (Å²) < 4.78 is 5.52. The molecule has 2 fully saturated rings. The standard InChI is InChI=1S/C22H35N3O3S/c1-3-17(4-2)19(24-10-12-28-13-11-24)15-23-21(26)18-7-5-9-25(16-18)22(27)20-8-6-14-29-20/h6,8,14,17-19H,3-5,7,9-13,15-16H2,1-2H3,(H,23,26)/t18-,19+/m0/s1. The zero-order chi connectivity index (χ0) is 20.6. The number of ether oxygens (including phenoxy) is 1. The maximum absolute atomic E-state index is 12.9. The van der Waals surface area contributed by atoms with Crippen LogP contribution in [0, 0.1) is 11.8 Å². The zero-order valence-corrected chi connectivity index (χ0v) is 18.6. The number of nitrogens with one attached hydrogen (secondary N) is 1. The molecule has 162 valence electrons. The smallest absolute Gasteiger partial charge is 0.263 e. The summed E-state index contributed by atoms with van der Waals surface area (Å²) in [5.74, 6) is 0.606. The fraction of sp³-hybridized carbons (Fsp3) is 0.727. The molecule has 0 radical (unpaired) electrons. The molecule has 2 saturated heterocycles. The topological polar surface area (TPSA) is 61.9 Å². The minimum Gasteiger partial charge on any atom is -0.379 e. The summed E-state index contributed by atoms with van der Waals surface area (Å²) in [6, 6.07) is 4.11. The molecule has 0 aliphatic carbocycles. The van der Waals surface area contributed by atoms with Crippen LogP contribution in [0.15, 0.2) is 17.5 Å². The Hall–Kier alpha value is -1.44. The lowest BCUT2D eigenvalue weighted by atomic mass is 9.91. The lowest BCUT2D eigenvalue weighted by molar-refractivity contribution is -0.126. The monoisotopic (exact) mass is 421 g/mol. The highest BCUT2D eigenvalue weighted by Crippen LogP contribution is 2.22. The van der Waals surface area contributed by atoms with Crippen molar-refractivity contribution in [1.29, 1.82) is 0 Å². The molecule has 3 heterocycles. The largest absolute Gasteiger partial charge is 0.379 e. The molecule has 0 aromatic carbocycles. The first kappa shape index (κ1) is 22.2. The van der Waals surface area contributed by atoms with Gasteiger partial charge in [-0.15, -0.1) is 11.3 Å². The van der Waals surface area contributed by atoms with Crippen molar-refractivity contribution in [2.24, 2.45) is 11.8 Å². The predicted octanol–water partition coefficient (Wildman–Crippen LogP) is 2.85. The predicted molar refractivity (Wildman–Crippen MR) is 116 cm³/mol. The maximum Gasteiger partial charge on any atom is 0.263 e. The Bertz CT molecular complexity index is 642. The van der Waals surface area contributed by atoms with Crippen LogP contribution in [0.3, 0.4) is 0 Å². The molecule has 0 spiro atoms. The van der Waals surface area contributed by atoms with Crippen molar-refractivity contribution in [3.05, 3.63) is 22.4 Å². The van der Waals surface area contributed by atoms with Gasteiger partial charge in [-0.05, 0) is 30.2 Å². The molecule has 0 unspecified atom stereocenters. The van der Waals surface area contributed by atoms with Crippen molar-refractivity contribution in [3.8, 4) is 0 Å². The van der Waals surface area contributed by atoms with Crippen LogP contribution in [0.2, 0.25) is 0 Å². The number of piperidine rings is 1. The van der Waals surface area contributed by atoms with Gasteiger partial charge in [0.05, 0.1) is 24.0 Å². The number of hydrogen-bond acceptors (Lipinski definition) is 5. The van der Waals surface area contributed by atoms with Crippen molar-refractivity contribution in [1.82, 2.24) is 15.1 Å². The van der Waals surface area contributed by atoms with E-state index in [0.29, 0.717) is 25.0 Å². The van der Waals surface area contributed by atoms with Gasteiger partial charge in [0.1, 0.15) is 0 Å². The molecule has 6 nitrogen and oxygen atoms in total. The molecule has 1 N–H and O–H groups in total. The summed E-state index contributed by atoms with van der Waals surface area (Å²) in [4.78, 5) is 30.7. The van der Waals surface area contributed by atoms with Crippen LogP contribution in [0.1, 0.15) is 49.2 Å². The third kappa shape index (κ3) is 5.80. The van der Waals surface area contributed by atoms with Crippen LogP contribution in [0.25, 0.3) is 0 Å². The summed E-state index contributed by atoms with van der Waals surface area (Å²) in [5.41, 5.74) is 0. The van der Waals surface area contributed by atoms with E-state index >= 15 is 0 Å². The molecule has 1 aromatic heterocycles. The quantitative estimate of drug-likeness (QED) is 0.701. The highest BCUT2D eigenvalue weighted by Gasteiger charge is 2.31. The van der Waals surface area contributed by atoms with Crippen LogP contribution in [-0.2, 0) is 9.53 Å². The number of nitrogens with zero attached hydrogens (tertiary/aromatic N) is 2. The second kappa shape index (κ2) is 11.1. The molecule has 0 saturated carbocycles. The van der Waals surface area contributed by atoms with Gasteiger partial charge >= 0.3 is 0 Å². The molecule has 1 aromatic rings. The number of likely N-dealkylation sites (tertiary alicyclic amines) is 1. The number of thiophene rings is 1. The van der Waals surface area contributed by atoms with Crippen LogP contribution < -0.4 is 5.32 Å². The number of carbonyl (C=O) groups excluding carboxylic acids is 2. The van der Waals surface area contributed by atoms with Gasteiger partial charge in [0, 0.05) is 38.8 Å². The van der Waals surface area contributed by atoms with E-state index in [9.17, 15) is 9.59 Å². The lowest BCUT2D eigenvalue weighted by Gasteiger charge is -2.39.